The van der Waals surface area contributed by atoms with Crippen LogP contribution >= 0.6 is 0 Å². The summed E-state index contributed by atoms with van der Waals surface area (Å²) in [6.07, 6.45) is 3.99. The third-order valence-electron chi connectivity index (χ3n) is 3.25. The highest BCUT2D eigenvalue weighted by Gasteiger charge is 2.11. The van der Waals surface area contributed by atoms with E-state index in [1.165, 1.54) is 0 Å². The van der Waals surface area contributed by atoms with Gasteiger partial charge in [-0.2, -0.15) is 0 Å². The van der Waals surface area contributed by atoms with Crippen LogP contribution in [0.4, 0.5) is 0 Å². The molecule has 0 unspecified atom stereocenters. The molecule has 0 aromatic heterocycles. The number of methoxy groups -OCH3 is 4. The zero-order chi connectivity index (χ0) is 15.9. The standard InChI is InChI=1S/C18H20O4/c1-19-15-7-5-6-13(10-15)8-9-14-11-16(20-2)18(22-4)17(12-14)21-3/h5-12H,1-4H3/b9-8+. The van der Waals surface area contributed by atoms with E-state index in [-0.39, 0.29) is 0 Å². The van der Waals surface area contributed by atoms with Crippen molar-refractivity contribution in [2.24, 2.45) is 0 Å². The molecule has 2 aromatic rings. The monoisotopic (exact) mass is 300 g/mol. The topological polar surface area (TPSA) is 36.9 Å². The number of benzene rings is 2. The van der Waals surface area contributed by atoms with E-state index in [1.807, 2.05) is 48.6 Å². The first-order valence-corrected chi connectivity index (χ1v) is 6.84. The van der Waals surface area contributed by atoms with Gasteiger partial charge in [0, 0.05) is 0 Å². The Hall–Kier alpha value is -2.62. The molecule has 0 radical (unpaired) electrons. The predicted octanol–water partition coefficient (Wildman–Crippen LogP) is 3.89. The summed E-state index contributed by atoms with van der Waals surface area (Å²) < 4.78 is 21.2. The van der Waals surface area contributed by atoms with Crippen molar-refractivity contribution in [3.05, 3.63) is 47.5 Å². The average Bonchev–Trinajstić information content (AvgIpc) is 2.58. The lowest BCUT2D eigenvalue weighted by atomic mass is 10.1. The minimum absolute atomic E-state index is 0.587. The molecule has 0 saturated heterocycles. The number of rotatable bonds is 6. The van der Waals surface area contributed by atoms with Gasteiger partial charge in [0.05, 0.1) is 28.4 Å². The second kappa shape index (κ2) is 7.41. The van der Waals surface area contributed by atoms with Crippen LogP contribution in [-0.2, 0) is 0 Å². The first-order chi connectivity index (χ1) is 10.7. The fourth-order valence-corrected chi connectivity index (χ4v) is 2.14. The van der Waals surface area contributed by atoms with E-state index in [0.717, 1.165) is 16.9 Å². The molecule has 2 rings (SSSR count). The summed E-state index contributed by atoms with van der Waals surface area (Å²) in [6.45, 7) is 0. The summed E-state index contributed by atoms with van der Waals surface area (Å²) in [5.41, 5.74) is 2.01. The Bertz CT molecular complexity index is 637. The lowest BCUT2D eigenvalue weighted by molar-refractivity contribution is 0.324. The summed E-state index contributed by atoms with van der Waals surface area (Å²) in [6, 6.07) is 11.6. The third-order valence-corrected chi connectivity index (χ3v) is 3.25. The van der Waals surface area contributed by atoms with Crippen molar-refractivity contribution < 1.29 is 18.9 Å². The van der Waals surface area contributed by atoms with E-state index in [0.29, 0.717) is 17.2 Å². The Kier molecular flexibility index (Phi) is 5.31. The quantitative estimate of drug-likeness (QED) is 0.758. The highest BCUT2D eigenvalue weighted by atomic mass is 16.5. The van der Waals surface area contributed by atoms with Crippen LogP contribution in [0.3, 0.4) is 0 Å². The first-order valence-electron chi connectivity index (χ1n) is 6.84. The molecule has 22 heavy (non-hydrogen) atoms. The van der Waals surface area contributed by atoms with Crippen LogP contribution in [0.5, 0.6) is 23.0 Å². The maximum Gasteiger partial charge on any atom is 0.203 e. The van der Waals surface area contributed by atoms with Crippen LogP contribution in [0.15, 0.2) is 36.4 Å². The molecule has 0 aliphatic rings. The molecule has 0 bridgehead atoms. The van der Waals surface area contributed by atoms with E-state index in [4.69, 9.17) is 18.9 Å². The molecule has 4 nitrogen and oxygen atoms in total. The molecule has 116 valence electrons. The predicted molar refractivity (Wildman–Crippen MR) is 88.0 cm³/mol. The Balaban J connectivity index is 2.34. The van der Waals surface area contributed by atoms with E-state index in [2.05, 4.69) is 0 Å². The normalized spacial score (nSPS) is 10.5. The van der Waals surface area contributed by atoms with Crippen molar-refractivity contribution in [3.8, 4) is 23.0 Å². The van der Waals surface area contributed by atoms with E-state index in [9.17, 15) is 0 Å². The molecule has 0 atom stereocenters. The zero-order valence-electron chi connectivity index (χ0n) is 13.3. The van der Waals surface area contributed by atoms with Crippen molar-refractivity contribution in [1.29, 1.82) is 0 Å². The molecule has 0 fully saturated rings. The van der Waals surface area contributed by atoms with E-state index >= 15 is 0 Å². The fraction of sp³-hybridized carbons (Fsp3) is 0.222. The average molecular weight is 300 g/mol. The van der Waals surface area contributed by atoms with Gasteiger partial charge in [-0.3, -0.25) is 0 Å². The SMILES string of the molecule is COc1cccc(/C=C/c2cc(OC)c(OC)c(OC)c2)c1. The van der Waals surface area contributed by atoms with Crippen LogP contribution in [0, 0.1) is 0 Å². The Morgan fingerprint density at radius 3 is 1.86 bits per heavy atom. The van der Waals surface area contributed by atoms with Crippen molar-refractivity contribution >= 4 is 12.2 Å². The molecule has 2 aromatic carbocycles. The van der Waals surface area contributed by atoms with Crippen molar-refractivity contribution in [1.82, 2.24) is 0 Å². The minimum atomic E-state index is 0.587. The van der Waals surface area contributed by atoms with Gasteiger partial charge < -0.3 is 18.9 Å². The van der Waals surface area contributed by atoms with Gasteiger partial charge in [0.15, 0.2) is 11.5 Å². The van der Waals surface area contributed by atoms with E-state index in [1.54, 1.807) is 28.4 Å². The van der Waals surface area contributed by atoms with Crippen LogP contribution in [0.25, 0.3) is 12.2 Å². The molecule has 0 heterocycles. The molecule has 0 N–H and O–H groups in total. The number of hydrogen-bond acceptors (Lipinski definition) is 4. The zero-order valence-corrected chi connectivity index (χ0v) is 13.3. The summed E-state index contributed by atoms with van der Waals surface area (Å²) in [5, 5.41) is 0. The third kappa shape index (κ3) is 3.52. The highest BCUT2D eigenvalue weighted by Crippen LogP contribution is 2.38. The molecular formula is C18H20O4. The van der Waals surface area contributed by atoms with Crippen molar-refractivity contribution in [2.75, 3.05) is 28.4 Å². The maximum atomic E-state index is 5.35. The number of hydrogen-bond donors (Lipinski definition) is 0. The molecular weight excluding hydrogens is 280 g/mol. The van der Waals surface area contributed by atoms with Gasteiger partial charge in [-0.25, -0.2) is 0 Å². The van der Waals surface area contributed by atoms with Crippen LogP contribution in [0.2, 0.25) is 0 Å². The fourth-order valence-electron chi connectivity index (χ4n) is 2.14. The van der Waals surface area contributed by atoms with E-state index < -0.39 is 0 Å². The van der Waals surface area contributed by atoms with Gasteiger partial charge in [0.1, 0.15) is 5.75 Å². The van der Waals surface area contributed by atoms with Crippen LogP contribution in [-0.4, -0.2) is 28.4 Å². The van der Waals surface area contributed by atoms with Crippen molar-refractivity contribution in [3.63, 3.8) is 0 Å². The van der Waals surface area contributed by atoms with Gasteiger partial charge in [-0.15, -0.1) is 0 Å². The molecule has 4 heteroatoms. The van der Waals surface area contributed by atoms with Crippen molar-refractivity contribution in [2.45, 2.75) is 0 Å². The summed E-state index contributed by atoms with van der Waals surface area (Å²) in [7, 11) is 6.45. The molecule has 0 saturated carbocycles. The Morgan fingerprint density at radius 2 is 1.32 bits per heavy atom. The maximum absolute atomic E-state index is 5.35. The molecule has 0 aliphatic heterocycles. The molecule has 0 amide bonds. The van der Waals surface area contributed by atoms with Gasteiger partial charge >= 0.3 is 0 Å². The Labute approximate surface area is 130 Å². The van der Waals surface area contributed by atoms with Gasteiger partial charge in [0.25, 0.3) is 0 Å². The highest BCUT2D eigenvalue weighted by molar-refractivity contribution is 5.73. The van der Waals surface area contributed by atoms with Crippen LogP contribution < -0.4 is 18.9 Å². The smallest absolute Gasteiger partial charge is 0.203 e. The Morgan fingerprint density at radius 1 is 0.682 bits per heavy atom. The summed E-state index contributed by atoms with van der Waals surface area (Å²) >= 11 is 0. The second-order valence-electron chi connectivity index (χ2n) is 4.57. The number of ether oxygens (including phenoxy) is 4. The van der Waals surface area contributed by atoms with Gasteiger partial charge in [0.2, 0.25) is 5.75 Å². The molecule has 0 spiro atoms. The molecule has 0 aliphatic carbocycles. The largest absolute Gasteiger partial charge is 0.497 e. The van der Waals surface area contributed by atoms with Crippen LogP contribution in [0.1, 0.15) is 11.1 Å². The summed E-state index contributed by atoms with van der Waals surface area (Å²) in [4.78, 5) is 0. The van der Waals surface area contributed by atoms with Gasteiger partial charge in [-0.1, -0.05) is 24.3 Å². The second-order valence-corrected chi connectivity index (χ2v) is 4.57. The summed E-state index contributed by atoms with van der Waals surface area (Å²) in [5.74, 6) is 2.68. The van der Waals surface area contributed by atoms with Gasteiger partial charge in [-0.05, 0) is 35.4 Å². The first kappa shape index (κ1) is 15.8. The lowest BCUT2D eigenvalue weighted by Crippen LogP contribution is -1.95. The lowest BCUT2D eigenvalue weighted by Gasteiger charge is -2.12. The minimum Gasteiger partial charge on any atom is -0.497 e.